The average Bonchev–Trinajstić information content (AvgIpc) is 3.04. The molecule has 4 nitrogen and oxygen atoms in total. The Hall–Kier alpha value is -2.88. The van der Waals surface area contributed by atoms with Crippen LogP contribution in [-0.2, 0) is 6.54 Å². The normalized spacial score (nSPS) is 10.7. The van der Waals surface area contributed by atoms with Crippen LogP contribution in [0.15, 0.2) is 54.9 Å². The molecule has 0 saturated heterocycles. The maximum atomic E-state index is 11.7. The maximum absolute atomic E-state index is 11.7. The Balaban J connectivity index is 2.27. The highest BCUT2D eigenvalue weighted by Gasteiger charge is 2.17. The van der Waals surface area contributed by atoms with E-state index in [2.05, 4.69) is 4.98 Å². The zero-order valence-electron chi connectivity index (χ0n) is 13.2. The number of carboxylic acids is 1. The quantitative estimate of drug-likeness (QED) is 0.784. The molecule has 1 N–H and O–H groups in total. The van der Waals surface area contributed by atoms with Crippen LogP contribution in [0.1, 0.15) is 22.8 Å². The summed E-state index contributed by atoms with van der Waals surface area (Å²) in [5, 5.41) is 9.56. The maximum Gasteiger partial charge on any atom is 0.335 e. The zero-order valence-corrected chi connectivity index (χ0v) is 13.2. The summed E-state index contributed by atoms with van der Waals surface area (Å²) >= 11 is 0. The van der Waals surface area contributed by atoms with Gasteiger partial charge >= 0.3 is 5.97 Å². The Kier molecular flexibility index (Phi) is 3.98. The Bertz CT molecular complexity index is 851. The summed E-state index contributed by atoms with van der Waals surface area (Å²) in [7, 11) is 0. The highest BCUT2D eigenvalue weighted by Crippen LogP contribution is 2.31. The number of hydrogen-bond donors (Lipinski definition) is 1. The minimum Gasteiger partial charge on any atom is -0.478 e. The summed E-state index contributed by atoms with van der Waals surface area (Å²) in [5.41, 5.74) is 3.78. The van der Waals surface area contributed by atoms with Crippen LogP contribution in [0.4, 0.5) is 0 Å². The van der Waals surface area contributed by atoms with Gasteiger partial charge in [0.25, 0.3) is 0 Å². The third kappa shape index (κ3) is 2.75. The average molecular weight is 306 g/mol. The number of aryl methyl sites for hydroxylation is 1. The van der Waals surface area contributed by atoms with Crippen molar-refractivity contribution in [2.75, 3.05) is 0 Å². The lowest BCUT2D eigenvalue weighted by molar-refractivity contribution is 0.0696. The van der Waals surface area contributed by atoms with Crippen LogP contribution in [0.3, 0.4) is 0 Å². The van der Waals surface area contributed by atoms with Crippen molar-refractivity contribution in [2.24, 2.45) is 0 Å². The molecule has 0 aliphatic heterocycles. The second kappa shape index (κ2) is 6.08. The number of benzene rings is 2. The van der Waals surface area contributed by atoms with E-state index in [-0.39, 0.29) is 0 Å². The molecule has 3 rings (SSSR count). The van der Waals surface area contributed by atoms with Crippen molar-refractivity contribution in [3.63, 3.8) is 0 Å². The topological polar surface area (TPSA) is 55.1 Å². The SMILES string of the molecule is CCn1ccnc1-c1cc(-c2ccccc2)cc(C(=O)O)c1C. The molecular weight excluding hydrogens is 288 g/mol. The van der Waals surface area contributed by atoms with E-state index in [4.69, 9.17) is 0 Å². The first-order chi connectivity index (χ1) is 11.1. The van der Waals surface area contributed by atoms with E-state index in [1.807, 2.05) is 61.0 Å². The number of hydrogen-bond acceptors (Lipinski definition) is 2. The van der Waals surface area contributed by atoms with Crippen molar-refractivity contribution in [1.29, 1.82) is 0 Å². The molecule has 0 bridgehead atoms. The van der Waals surface area contributed by atoms with Crippen molar-refractivity contribution >= 4 is 5.97 Å². The molecule has 2 aromatic carbocycles. The van der Waals surface area contributed by atoms with Gasteiger partial charge in [-0.3, -0.25) is 0 Å². The van der Waals surface area contributed by atoms with Crippen LogP contribution in [0.5, 0.6) is 0 Å². The number of aromatic nitrogens is 2. The minimum absolute atomic E-state index is 0.312. The lowest BCUT2D eigenvalue weighted by Crippen LogP contribution is -2.05. The van der Waals surface area contributed by atoms with Crippen LogP contribution in [0, 0.1) is 6.92 Å². The van der Waals surface area contributed by atoms with Crippen molar-refractivity contribution in [2.45, 2.75) is 20.4 Å². The number of rotatable bonds is 4. The summed E-state index contributed by atoms with van der Waals surface area (Å²) in [6.07, 6.45) is 3.65. The molecule has 0 aliphatic rings. The molecular formula is C19H18N2O2. The smallest absolute Gasteiger partial charge is 0.335 e. The van der Waals surface area contributed by atoms with Gasteiger partial charge in [-0.15, -0.1) is 0 Å². The molecule has 0 unspecified atom stereocenters. The summed E-state index contributed by atoms with van der Waals surface area (Å²) < 4.78 is 2.02. The van der Waals surface area contributed by atoms with Crippen LogP contribution < -0.4 is 0 Å². The Morgan fingerprint density at radius 2 is 1.91 bits per heavy atom. The van der Waals surface area contributed by atoms with Crippen molar-refractivity contribution in [1.82, 2.24) is 9.55 Å². The fraction of sp³-hybridized carbons (Fsp3) is 0.158. The largest absolute Gasteiger partial charge is 0.478 e. The van der Waals surface area contributed by atoms with Crippen molar-refractivity contribution in [3.05, 3.63) is 66.0 Å². The first-order valence-electron chi connectivity index (χ1n) is 7.56. The van der Waals surface area contributed by atoms with Gasteiger partial charge in [0.2, 0.25) is 0 Å². The summed E-state index contributed by atoms with van der Waals surface area (Å²) in [5.74, 6) is -0.124. The first kappa shape index (κ1) is 15.0. The van der Waals surface area contributed by atoms with Gasteiger partial charge in [-0.25, -0.2) is 9.78 Å². The molecule has 0 amide bonds. The monoisotopic (exact) mass is 306 g/mol. The van der Waals surface area contributed by atoms with Crippen molar-refractivity contribution < 1.29 is 9.90 Å². The molecule has 4 heteroatoms. The molecule has 1 heterocycles. The lowest BCUT2D eigenvalue weighted by Gasteiger charge is -2.13. The van der Waals surface area contributed by atoms with Crippen LogP contribution >= 0.6 is 0 Å². The number of imidazole rings is 1. The molecule has 116 valence electrons. The van der Waals surface area contributed by atoms with Gasteiger partial charge in [-0.1, -0.05) is 30.3 Å². The molecule has 0 saturated carbocycles. The number of aromatic carboxylic acids is 1. The van der Waals surface area contributed by atoms with E-state index < -0.39 is 5.97 Å². The third-order valence-corrected chi connectivity index (χ3v) is 4.04. The van der Waals surface area contributed by atoms with E-state index in [1.165, 1.54) is 0 Å². The van der Waals surface area contributed by atoms with Gasteiger partial charge in [0, 0.05) is 24.5 Å². The number of carboxylic acid groups (broad SMARTS) is 1. The van der Waals surface area contributed by atoms with Gasteiger partial charge in [0.05, 0.1) is 5.56 Å². The molecule has 0 aliphatic carbocycles. The fourth-order valence-electron chi connectivity index (χ4n) is 2.77. The van der Waals surface area contributed by atoms with Gasteiger partial charge < -0.3 is 9.67 Å². The second-order valence-electron chi connectivity index (χ2n) is 5.40. The van der Waals surface area contributed by atoms with E-state index >= 15 is 0 Å². The van der Waals surface area contributed by atoms with Crippen molar-refractivity contribution in [3.8, 4) is 22.5 Å². The summed E-state index contributed by atoms with van der Waals surface area (Å²) in [6, 6.07) is 13.5. The standard InChI is InChI=1S/C19H18N2O2/c1-3-21-10-9-20-18(21)16-11-15(14-7-5-4-6-8-14)12-17(13(16)2)19(22)23/h4-12H,3H2,1-2H3,(H,22,23). The summed E-state index contributed by atoms with van der Waals surface area (Å²) in [4.78, 5) is 16.1. The molecule has 23 heavy (non-hydrogen) atoms. The molecule has 3 aromatic rings. The van der Waals surface area contributed by atoms with Gasteiger partial charge in [0.15, 0.2) is 0 Å². The number of carbonyl (C=O) groups is 1. The minimum atomic E-state index is -0.920. The highest BCUT2D eigenvalue weighted by atomic mass is 16.4. The molecule has 0 spiro atoms. The van der Waals surface area contributed by atoms with E-state index in [9.17, 15) is 9.90 Å². The van der Waals surface area contributed by atoms with Gasteiger partial charge in [-0.05, 0) is 42.7 Å². The van der Waals surface area contributed by atoms with Gasteiger partial charge in [0.1, 0.15) is 5.82 Å². The highest BCUT2D eigenvalue weighted by molar-refractivity contribution is 5.94. The van der Waals surface area contributed by atoms with Crippen LogP contribution in [0.2, 0.25) is 0 Å². The molecule has 0 atom stereocenters. The second-order valence-corrected chi connectivity index (χ2v) is 5.40. The first-order valence-corrected chi connectivity index (χ1v) is 7.56. The van der Waals surface area contributed by atoms with Crippen LogP contribution in [-0.4, -0.2) is 20.6 Å². The predicted molar refractivity (Wildman–Crippen MR) is 90.5 cm³/mol. The molecule has 1 aromatic heterocycles. The lowest BCUT2D eigenvalue weighted by atomic mass is 9.94. The van der Waals surface area contributed by atoms with Crippen LogP contribution in [0.25, 0.3) is 22.5 Å². The Morgan fingerprint density at radius 1 is 1.17 bits per heavy atom. The van der Waals surface area contributed by atoms with E-state index in [1.54, 1.807) is 12.3 Å². The van der Waals surface area contributed by atoms with E-state index in [0.29, 0.717) is 5.56 Å². The third-order valence-electron chi connectivity index (χ3n) is 4.04. The predicted octanol–water partition coefficient (Wildman–Crippen LogP) is 4.24. The van der Waals surface area contributed by atoms with E-state index in [0.717, 1.165) is 34.6 Å². The Morgan fingerprint density at radius 3 is 2.57 bits per heavy atom. The van der Waals surface area contributed by atoms with Gasteiger partial charge in [-0.2, -0.15) is 0 Å². The zero-order chi connectivity index (χ0) is 16.4. The molecule has 0 fully saturated rings. The fourth-order valence-corrected chi connectivity index (χ4v) is 2.77. The molecule has 0 radical (unpaired) electrons. The number of nitrogens with zero attached hydrogens (tertiary/aromatic N) is 2. The summed E-state index contributed by atoms with van der Waals surface area (Å²) in [6.45, 7) is 4.66. The Labute approximate surface area is 135 Å².